The molecule has 0 saturated heterocycles. The first-order valence-corrected chi connectivity index (χ1v) is 6.62. The van der Waals surface area contributed by atoms with Crippen molar-refractivity contribution in [3.05, 3.63) is 34.3 Å². The molecule has 0 fully saturated rings. The minimum Gasteiger partial charge on any atom is -0.457 e. The van der Waals surface area contributed by atoms with Gasteiger partial charge < -0.3 is 9.47 Å². The maximum Gasteiger partial charge on any atom is 0.387 e. The molecule has 1 rings (SSSR count). The number of alkyl halides is 2. The van der Waals surface area contributed by atoms with Gasteiger partial charge in [-0.15, -0.1) is 0 Å². The summed E-state index contributed by atoms with van der Waals surface area (Å²) in [6.07, 6.45) is 2.54. The Kier molecular flexibility index (Phi) is 5.68. The molecule has 6 heteroatoms. The highest BCUT2D eigenvalue weighted by Gasteiger charge is 2.14. The van der Waals surface area contributed by atoms with Crippen molar-refractivity contribution in [2.45, 2.75) is 33.0 Å². The number of halogens is 3. The van der Waals surface area contributed by atoms with Crippen LogP contribution in [-0.2, 0) is 9.53 Å². The van der Waals surface area contributed by atoms with E-state index in [1.54, 1.807) is 32.9 Å². The van der Waals surface area contributed by atoms with Crippen molar-refractivity contribution in [3.63, 3.8) is 0 Å². The predicted molar refractivity (Wildman–Crippen MR) is 75.7 cm³/mol. The molecule has 0 aromatic heterocycles. The number of hydrogen-bond acceptors (Lipinski definition) is 3. The standard InChI is InChI=1S/C14H15BrF2O3/c1-14(2,3)20-12(18)7-4-9-8-10(15)5-6-11(9)19-13(16)17/h4-8,13H,1-3H3/b7-4+. The number of hydrogen-bond donors (Lipinski definition) is 0. The van der Waals surface area contributed by atoms with E-state index in [-0.39, 0.29) is 5.75 Å². The molecule has 0 unspecified atom stereocenters. The molecule has 0 heterocycles. The van der Waals surface area contributed by atoms with Crippen molar-refractivity contribution in [1.29, 1.82) is 0 Å². The Balaban J connectivity index is 2.90. The molecule has 0 aliphatic carbocycles. The van der Waals surface area contributed by atoms with Gasteiger partial charge in [-0.25, -0.2) is 4.79 Å². The fraction of sp³-hybridized carbons (Fsp3) is 0.357. The Bertz CT molecular complexity index is 508. The van der Waals surface area contributed by atoms with E-state index in [0.29, 0.717) is 10.0 Å². The van der Waals surface area contributed by atoms with Gasteiger partial charge in [0.25, 0.3) is 0 Å². The molecular weight excluding hydrogens is 334 g/mol. The van der Waals surface area contributed by atoms with Gasteiger partial charge in [0.1, 0.15) is 11.4 Å². The van der Waals surface area contributed by atoms with Crippen molar-refractivity contribution in [1.82, 2.24) is 0 Å². The third kappa shape index (κ3) is 6.14. The molecule has 1 aromatic rings. The van der Waals surface area contributed by atoms with E-state index in [2.05, 4.69) is 20.7 Å². The molecule has 0 aliphatic heterocycles. The molecule has 0 saturated carbocycles. The van der Waals surface area contributed by atoms with Gasteiger partial charge in [0.05, 0.1) is 0 Å². The quantitative estimate of drug-likeness (QED) is 0.597. The zero-order valence-electron chi connectivity index (χ0n) is 11.3. The number of rotatable bonds is 4. The van der Waals surface area contributed by atoms with Gasteiger partial charge in [-0.2, -0.15) is 8.78 Å². The SMILES string of the molecule is CC(C)(C)OC(=O)/C=C/c1cc(Br)ccc1OC(F)F. The molecule has 1 aromatic carbocycles. The van der Waals surface area contributed by atoms with E-state index < -0.39 is 18.2 Å². The lowest BCUT2D eigenvalue weighted by molar-refractivity contribution is -0.148. The first kappa shape index (κ1) is 16.6. The molecule has 0 spiro atoms. The average Bonchev–Trinajstić information content (AvgIpc) is 2.26. The van der Waals surface area contributed by atoms with E-state index in [0.717, 1.165) is 0 Å². The van der Waals surface area contributed by atoms with E-state index >= 15 is 0 Å². The van der Waals surface area contributed by atoms with E-state index in [1.165, 1.54) is 18.2 Å². The van der Waals surface area contributed by atoms with Gasteiger partial charge in [-0.3, -0.25) is 0 Å². The van der Waals surface area contributed by atoms with Crippen molar-refractivity contribution >= 4 is 28.0 Å². The van der Waals surface area contributed by atoms with E-state index in [4.69, 9.17) is 4.74 Å². The van der Waals surface area contributed by atoms with Gasteiger partial charge in [-0.05, 0) is 45.0 Å². The van der Waals surface area contributed by atoms with Crippen molar-refractivity contribution in [2.75, 3.05) is 0 Å². The average molecular weight is 349 g/mol. The summed E-state index contributed by atoms with van der Waals surface area (Å²) in [5, 5.41) is 0. The molecule has 0 N–H and O–H groups in total. The third-order valence-corrected chi connectivity index (χ3v) is 2.49. The maximum atomic E-state index is 12.3. The highest BCUT2D eigenvalue weighted by Crippen LogP contribution is 2.26. The monoisotopic (exact) mass is 348 g/mol. The van der Waals surface area contributed by atoms with Crippen LogP contribution in [0.15, 0.2) is 28.7 Å². The molecule has 0 amide bonds. The van der Waals surface area contributed by atoms with E-state index in [1.807, 2.05) is 0 Å². The lowest BCUT2D eigenvalue weighted by Crippen LogP contribution is -2.22. The molecule has 3 nitrogen and oxygen atoms in total. The second-order valence-corrected chi connectivity index (χ2v) is 5.84. The Morgan fingerprint density at radius 1 is 1.35 bits per heavy atom. The minimum absolute atomic E-state index is 0.0111. The van der Waals surface area contributed by atoms with Crippen molar-refractivity contribution in [3.8, 4) is 5.75 Å². The molecule has 0 radical (unpaired) electrons. The third-order valence-electron chi connectivity index (χ3n) is 1.99. The minimum atomic E-state index is -2.93. The van der Waals surface area contributed by atoms with Crippen LogP contribution in [0.2, 0.25) is 0 Å². The van der Waals surface area contributed by atoms with Crippen LogP contribution in [0.25, 0.3) is 6.08 Å². The molecular formula is C14H15BrF2O3. The number of ether oxygens (including phenoxy) is 2. The van der Waals surface area contributed by atoms with Crippen molar-refractivity contribution < 1.29 is 23.0 Å². The Morgan fingerprint density at radius 2 is 2.00 bits per heavy atom. The fourth-order valence-electron chi connectivity index (χ4n) is 1.35. The fourth-order valence-corrected chi connectivity index (χ4v) is 1.73. The van der Waals surface area contributed by atoms with Crippen LogP contribution in [0.3, 0.4) is 0 Å². The summed E-state index contributed by atoms with van der Waals surface area (Å²) in [5.41, 5.74) is -0.258. The lowest BCUT2D eigenvalue weighted by atomic mass is 10.2. The number of carbonyl (C=O) groups is 1. The zero-order valence-corrected chi connectivity index (χ0v) is 12.9. The first-order chi connectivity index (χ1) is 9.17. The largest absolute Gasteiger partial charge is 0.457 e. The van der Waals surface area contributed by atoms with Gasteiger partial charge in [-0.1, -0.05) is 15.9 Å². The Labute approximate surface area is 124 Å². The first-order valence-electron chi connectivity index (χ1n) is 5.83. The van der Waals surface area contributed by atoms with Crippen LogP contribution in [0.5, 0.6) is 5.75 Å². The predicted octanol–water partition coefficient (Wildman–Crippen LogP) is 4.41. The number of carbonyl (C=O) groups excluding carboxylic acids is 1. The van der Waals surface area contributed by atoms with Crippen LogP contribution in [0.1, 0.15) is 26.3 Å². The van der Waals surface area contributed by atoms with Crippen molar-refractivity contribution in [2.24, 2.45) is 0 Å². The van der Waals surface area contributed by atoms with Crippen LogP contribution < -0.4 is 4.74 Å². The zero-order chi connectivity index (χ0) is 15.3. The smallest absolute Gasteiger partial charge is 0.387 e. The van der Waals surface area contributed by atoms with Crippen LogP contribution in [0.4, 0.5) is 8.78 Å². The number of benzene rings is 1. The van der Waals surface area contributed by atoms with Crippen LogP contribution in [0, 0.1) is 0 Å². The summed E-state index contributed by atoms with van der Waals surface area (Å²) >= 11 is 3.23. The summed E-state index contributed by atoms with van der Waals surface area (Å²) < 4.78 is 34.7. The van der Waals surface area contributed by atoms with E-state index in [9.17, 15) is 13.6 Å². The summed E-state index contributed by atoms with van der Waals surface area (Å²) in [4.78, 5) is 11.5. The summed E-state index contributed by atoms with van der Waals surface area (Å²) in [6.45, 7) is 2.29. The van der Waals surface area contributed by atoms with Gasteiger partial charge >= 0.3 is 12.6 Å². The Hall–Kier alpha value is -1.43. The van der Waals surface area contributed by atoms with Crippen LogP contribution in [-0.4, -0.2) is 18.2 Å². The van der Waals surface area contributed by atoms with Gasteiger partial charge in [0.15, 0.2) is 0 Å². The molecule has 0 bridgehead atoms. The van der Waals surface area contributed by atoms with Gasteiger partial charge in [0, 0.05) is 16.1 Å². The topological polar surface area (TPSA) is 35.5 Å². The normalized spacial score (nSPS) is 11.9. The highest BCUT2D eigenvalue weighted by molar-refractivity contribution is 9.10. The second-order valence-electron chi connectivity index (χ2n) is 4.93. The summed E-state index contributed by atoms with van der Waals surface area (Å²) in [5.74, 6) is -0.566. The molecule has 110 valence electrons. The summed E-state index contributed by atoms with van der Waals surface area (Å²) in [7, 11) is 0. The van der Waals surface area contributed by atoms with Crippen LogP contribution >= 0.6 is 15.9 Å². The van der Waals surface area contributed by atoms with Gasteiger partial charge in [0.2, 0.25) is 0 Å². The Morgan fingerprint density at radius 3 is 2.55 bits per heavy atom. The second kappa shape index (κ2) is 6.83. The summed E-state index contributed by atoms with van der Waals surface area (Å²) in [6, 6.07) is 4.53. The lowest BCUT2D eigenvalue weighted by Gasteiger charge is -2.18. The maximum absolute atomic E-state index is 12.3. The molecule has 0 aliphatic rings. The molecule has 20 heavy (non-hydrogen) atoms. The number of esters is 1. The molecule has 0 atom stereocenters. The highest BCUT2D eigenvalue weighted by atomic mass is 79.9.